The number of nitrogens with one attached hydrogen (secondary N) is 2. The Bertz CT molecular complexity index is 1310. The van der Waals surface area contributed by atoms with Crippen molar-refractivity contribution in [3.8, 4) is 0 Å². The molecule has 2 N–H and O–H groups in total. The van der Waals surface area contributed by atoms with E-state index in [4.69, 9.17) is 28.4 Å². The average molecular weight is 765 g/mol. The Balaban J connectivity index is 1.66. The van der Waals surface area contributed by atoms with E-state index in [0.717, 1.165) is 50.7 Å². The van der Waals surface area contributed by atoms with Crippen molar-refractivity contribution in [3.63, 3.8) is 0 Å². The van der Waals surface area contributed by atoms with Gasteiger partial charge in [0.15, 0.2) is 0 Å². The highest BCUT2D eigenvalue weighted by atomic mass is 16.6. The van der Waals surface area contributed by atoms with Gasteiger partial charge in [-0.15, -0.1) is 0 Å². The van der Waals surface area contributed by atoms with Crippen molar-refractivity contribution in [2.75, 3.05) is 52.7 Å². The number of carbonyl (C=O) groups excluding carboxylic acids is 6. The summed E-state index contributed by atoms with van der Waals surface area (Å²) in [5.41, 5.74) is -0.554. The van der Waals surface area contributed by atoms with Gasteiger partial charge in [0.05, 0.1) is 13.2 Å². The summed E-state index contributed by atoms with van der Waals surface area (Å²) in [5, 5.41) is 5.70. The molecule has 0 aliphatic heterocycles. The number of esters is 4. The highest BCUT2D eigenvalue weighted by molar-refractivity contribution is 5.81. The van der Waals surface area contributed by atoms with Gasteiger partial charge in [0, 0.05) is 38.1 Å². The lowest BCUT2D eigenvalue weighted by atomic mass is 9.60. The molecule has 4 atom stereocenters. The third-order valence-corrected chi connectivity index (χ3v) is 9.81. The molecule has 14 nitrogen and oxygen atoms in total. The molecule has 4 unspecified atom stereocenters. The Labute approximate surface area is 320 Å². The molecule has 2 fully saturated rings. The van der Waals surface area contributed by atoms with Crippen LogP contribution in [0.25, 0.3) is 0 Å². The van der Waals surface area contributed by atoms with E-state index in [1.807, 2.05) is 0 Å². The molecule has 0 radical (unpaired) electrons. The third kappa shape index (κ3) is 18.8. The average Bonchev–Trinajstić information content (AvgIpc) is 3.06. The Morgan fingerprint density at radius 3 is 1.31 bits per heavy atom. The molecule has 0 heterocycles. The summed E-state index contributed by atoms with van der Waals surface area (Å²) in [7, 11) is 0. The zero-order valence-electron chi connectivity index (χ0n) is 33.4. The van der Waals surface area contributed by atoms with Gasteiger partial charge < -0.3 is 39.1 Å². The molecular weight excluding hydrogens is 700 g/mol. The van der Waals surface area contributed by atoms with Crippen molar-refractivity contribution in [1.29, 1.82) is 0 Å². The smallest absolute Gasteiger partial charge is 0.407 e. The third-order valence-electron chi connectivity index (χ3n) is 9.81. The van der Waals surface area contributed by atoms with E-state index in [9.17, 15) is 28.8 Å². The molecule has 2 amide bonds. The number of hydrogen-bond acceptors (Lipinski definition) is 12. The van der Waals surface area contributed by atoms with Gasteiger partial charge in [-0.05, 0) is 84.9 Å². The monoisotopic (exact) mass is 764 g/mol. The first-order valence-electron chi connectivity index (χ1n) is 19.0. The van der Waals surface area contributed by atoms with E-state index in [0.29, 0.717) is 25.9 Å². The standard InChI is InChI=1S/C40H64N2O12/c1-9-31(43)50-15-16-52-34(46)20-30-22-38(5,6)25-39(7,24-30)27-41-35(47)53-14-12-11-13-49-33(45)19-29-21-37(3,4)26-40(8,23-29)28-42-36(48)54-18-17-51-32(44)10-2/h9-10,29-30H,1-2,11-28H2,3-8H3,(H,41,47)(H,42,48). The zero-order valence-corrected chi connectivity index (χ0v) is 33.4. The van der Waals surface area contributed by atoms with Crippen LogP contribution in [0.1, 0.15) is 106 Å². The van der Waals surface area contributed by atoms with Gasteiger partial charge in [-0.1, -0.05) is 54.7 Å². The normalized spacial score (nSPS) is 24.1. The summed E-state index contributed by atoms with van der Waals surface area (Å²) in [6.07, 6.45) is 7.53. The van der Waals surface area contributed by atoms with Crippen molar-refractivity contribution in [2.24, 2.45) is 33.5 Å². The van der Waals surface area contributed by atoms with Gasteiger partial charge in [0.1, 0.15) is 26.4 Å². The fourth-order valence-electron chi connectivity index (χ4n) is 8.77. The van der Waals surface area contributed by atoms with E-state index < -0.39 is 24.1 Å². The van der Waals surface area contributed by atoms with Crippen molar-refractivity contribution in [1.82, 2.24) is 10.6 Å². The Morgan fingerprint density at radius 2 is 0.889 bits per heavy atom. The number of amides is 2. The summed E-state index contributed by atoms with van der Waals surface area (Å²) in [4.78, 5) is 72.2. The van der Waals surface area contributed by atoms with Crippen LogP contribution in [-0.2, 0) is 47.6 Å². The van der Waals surface area contributed by atoms with E-state index in [2.05, 4.69) is 65.3 Å². The van der Waals surface area contributed by atoms with Crippen molar-refractivity contribution < 1.29 is 57.2 Å². The molecule has 54 heavy (non-hydrogen) atoms. The van der Waals surface area contributed by atoms with E-state index in [1.54, 1.807) is 0 Å². The predicted molar refractivity (Wildman–Crippen MR) is 200 cm³/mol. The first-order chi connectivity index (χ1) is 25.3. The quantitative estimate of drug-likeness (QED) is 0.0585. The van der Waals surface area contributed by atoms with Gasteiger partial charge in [0.25, 0.3) is 0 Å². The molecule has 2 aliphatic rings. The minimum atomic E-state index is -0.594. The maximum absolute atomic E-state index is 12.7. The Kier molecular flexibility index (Phi) is 18.5. The predicted octanol–water partition coefficient (Wildman–Crippen LogP) is 6.21. The van der Waals surface area contributed by atoms with Gasteiger partial charge in [-0.25, -0.2) is 19.2 Å². The van der Waals surface area contributed by atoms with E-state index in [1.165, 1.54) is 0 Å². The van der Waals surface area contributed by atoms with Crippen LogP contribution in [0.2, 0.25) is 0 Å². The second-order valence-electron chi connectivity index (χ2n) is 17.1. The summed E-state index contributed by atoms with van der Waals surface area (Å²) < 4.78 is 30.9. The highest BCUT2D eigenvalue weighted by Crippen LogP contribution is 2.50. The maximum atomic E-state index is 12.7. The van der Waals surface area contributed by atoms with Crippen LogP contribution in [0.15, 0.2) is 25.3 Å². The molecule has 2 rings (SSSR count). The summed E-state index contributed by atoms with van der Waals surface area (Å²) in [6, 6.07) is 0. The number of carbonyl (C=O) groups is 6. The summed E-state index contributed by atoms with van der Waals surface area (Å²) in [5.74, 6) is -1.59. The number of ether oxygens (including phenoxy) is 6. The van der Waals surface area contributed by atoms with Crippen molar-refractivity contribution in [2.45, 2.75) is 106 Å². The van der Waals surface area contributed by atoms with Gasteiger partial charge in [-0.3, -0.25) is 9.59 Å². The Hall–Kier alpha value is -4.10. The summed E-state index contributed by atoms with van der Waals surface area (Å²) in [6.45, 7) is 20.5. The number of alkyl carbamates (subject to hydrolysis) is 2. The molecule has 0 spiro atoms. The van der Waals surface area contributed by atoms with Crippen LogP contribution in [0.4, 0.5) is 9.59 Å². The van der Waals surface area contributed by atoms with E-state index in [-0.39, 0.29) is 97.9 Å². The minimum Gasteiger partial charge on any atom is -0.466 e. The molecule has 0 saturated heterocycles. The fourth-order valence-corrected chi connectivity index (χ4v) is 8.77. The van der Waals surface area contributed by atoms with Crippen LogP contribution < -0.4 is 10.6 Å². The van der Waals surface area contributed by atoms with Crippen LogP contribution in [-0.4, -0.2) is 88.8 Å². The lowest BCUT2D eigenvalue weighted by molar-refractivity contribution is -0.151. The number of unbranched alkanes of at least 4 members (excludes halogenated alkanes) is 1. The molecule has 2 aliphatic carbocycles. The molecule has 0 aromatic heterocycles. The lowest BCUT2D eigenvalue weighted by Crippen LogP contribution is -2.44. The van der Waals surface area contributed by atoms with Crippen LogP contribution in [0, 0.1) is 33.5 Å². The molecular formula is C40H64N2O12. The second kappa shape index (κ2) is 21.7. The zero-order chi connectivity index (χ0) is 40.4. The number of rotatable bonds is 21. The lowest BCUT2D eigenvalue weighted by Gasteiger charge is -2.46. The Morgan fingerprint density at radius 1 is 0.537 bits per heavy atom. The van der Waals surface area contributed by atoms with E-state index >= 15 is 0 Å². The van der Waals surface area contributed by atoms with Crippen molar-refractivity contribution >= 4 is 36.1 Å². The molecule has 0 aromatic carbocycles. The molecule has 2 saturated carbocycles. The largest absolute Gasteiger partial charge is 0.466 e. The SMILES string of the molecule is C=CC(=O)OCCOC(=O)CC1CC(C)(C)CC(C)(CNC(=O)OCCCCOC(=O)CC2CC(C)(C)CC(C)(CNC(=O)OCCOC(=O)C=C)C2)C1. The molecule has 0 aromatic rings. The highest BCUT2D eigenvalue weighted by Gasteiger charge is 2.43. The van der Waals surface area contributed by atoms with Crippen molar-refractivity contribution in [3.05, 3.63) is 25.3 Å². The van der Waals surface area contributed by atoms with Gasteiger partial charge in [-0.2, -0.15) is 0 Å². The van der Waals surface area contributed by atoms with Gasteiger partial charge in [0.2, 0.25) is 0 Å². The molecule has 14 heteroatoms. The van der Waals surface area contributed by atoms with Crippen LogP contribution in [0.3, 0.4) is 0 Å². The maximum Gasteiger partial charge on any atom is 0.407 e. The first kappa shape index (κ1) is 46.1. The number of hydrogen-bond donors (Lipinski definition) is 2. The minimum absolute atomic E-state index is 0.0112. The fraction of sp³-hybridized carbons (Fsp3) is 0.750. The van der Waals surface area contributed by atoms with Gasteiger partial charge >= 0.3 is 36.1 Å². The second-order valence-corrected chi connectivity index (χ2v) is 17.1. The summed E-state index contributed by atoms with van der Waals surface area (Å²) >= 11 is 0. The van der Waals surface area contributed by atoms with Crippen LogP contribution >= 0.6 is 0 Å². The first-order valence-corrected chi connectivity index (χ1v) is 19.0. The topological polar surface area (TPSA) is 182 Å². The van der Waals surface area contributed by atoms with Crippen LogP contribution in [0.5, 0.6) is 0 Å². The molecule has 306 valence electrons. The molecule has 0 bridgehead atoms.